The van der Waals surface area contributed by atoms with Gasteiger partial charge in [0.2, 0.25) is 0 Å². The van der Waals surface area contributed by atoms with Gasteiger partial charge in [-0.25, -0.2) is 4.98 Å². The average molecular weight is 332 g/mol. The summed E-state index contributed by atoms with van der Waals surface area (Å²) in [7, 11) is 1.85. The van der Waals surface area contributed by atoms with Crippen molar-refractivity contribution >= 4 is 22.5 Å². The molecule has 1 amide bonds. The summed E-state index contributed by atoms with van der Waals surface area (Å²) >= 11 is 0. The third kappa shape index (κ3) is 2.82. The van der Waals surface area contributed by atoms with Gasteiger partial charge in [-0.05, 0) is 42.0 Å². The molecule has 5 nitrogen and oxygen atoms in total. The van der Waals surface area contributed by atoms with Crippen LogP contribution in [0.25, 0.3) is 10.8 Å². The van der Waals surface area contributed by atoms with E-state index < -0.39 is 0 Å². The minimum Gasteiger partial charge on any atom is -0.373 e. The predicted octanol–water partition coefficient (Wildman–Crippen LogP) is 3.65. The van der Waals surface area contributed by atoms with Crippen molar-refractivity contribution in [3.05, 3.63) is 66.1 Å². The molecule has 3 aromatic rings. The van der Waals surface area contributed by atoms with Crippen LogP contribution in [0, 0.1) is 0 Å². The number of amides is 1. The molecule has 1 saturated heterocycles. The number of carbonyl (C=O) groups is 1. The first-order valence-corrected chi connectivity index (χ1v) is 8.56. The van der Waals surface area contributed by atoms with Crippen molar-refractivity contribution in [3.8, 4) is 0 Å². The van der Waals surface area contributed by atoms with Crippen molar-refractivity contribution in [1.82, 2.24) is 14.9 Å². The van der Waals surface area contributed by atoms with Crippen LogP contribution >= 0.6 is 0 Å². The molecule has 1 aromatic carbocycles. The van der Waals surface area contributed by atoms with E-state index in [4.69, 9.17) is 0 Å². The number of pyridine rings is 2. The lowest BCUT2D eigenvalue weighted by atomic mass is 10.0. The first kappa shape index (κ1) is 15.6. The Kier molecular flexibility index (Phi) is 4.06. The minimum absolute atomic E-state index is 0.00196. The van der Waals surface area contributed by atoms with Crippen LogP contribution in [0.3, 0.4) is 0 Å². The van der Waals surface area contributed by atoms with Crippen molar-refractivity contribution < 1.29 is 4.79 Å². The molecule has 1 aliphatic rings. The topological polar surface area (TPSA) is 58.1 Å². The number of anilines is 1. The molecule has 3 heterocycles. The van der Waals surface area contributed by atoms with Crippen molar-refractivity contribution in [2.24, 2.45) is 0 Å². The molecule has 126 valence electrons. The zero-order valence-corrected chi connectivity index (χ0v) is 14.1. The van der Waals surface area contributed by atoms with Crippen LogP contribution in [0.4, 0.5) is 5.82 Å². The molecule has 0 aliphatic carbocycles. The highest BCUT2D eigenvalue weighted by molar-refractivity contribution is 6.05. The van der Waals surface area contributed by atoms with Gasteiger partial charge in [-0.15, -0.1) is 0 Å². The van der Waals surface area contributed by atoms with Crippen molar-refractivity contribution in [2.75, 3.05) is 18.9 Å². The number of likely N-dealkylation sites (tertiary alicyclic amines) is 1. The minimum atomic E-state index is 0.00196. The van der Waals surface area contributed by atoms with Gasteiger partial charge in [0, 0.05) is 31.4 Å². The van der Waals surface area contributed by atoms with E-state index in [0.717, 1.165) is 41.5 Å². The molecule has 0 radical (unpaired) electrons. The van der Waals surface area contributed by atoms with E-state index in [1.54, 1.807) is 12.4 Å². The Bertz CT molecular complexity index is 919. The van der Waals surface area contributed by atoms with Gasteiger partial charge < -0.3 is 10.2 Å². The Morgan fingerprint density at radius 3 is 2.88 bits per heavy atom. The molecule has 5 heteroatoms. The van der Waals surface area contributed by atoms with E-state index in [-0.39, 0.29) is 11.9 Å². The number of fused-ring (bicyclic) bond motifs is 1. The highest BCUT2D eigenvalue weighted by Gasteiger charge is 2.32. The Hall–Kier alpha value is -2.95. The molecular weight excluding hydrogens is 312 g/mol. The summed E-state index contributed by atoms with van der Waals surface area (Å²) in [6.07, 6.45) is 5.46. The van der Waals surface area contributed by atoms with Gasteiger partial charge in [-0.2, -0.15) is 0 Å². The molecule has 4 rings (SSSR count). The molecule has 1 N–H and O–H groups in total. The van der Waals surface area contributed by atoms with E-state index in [0.29, 0.717) is 5.69 Å². The molecule has 1 aliphatic heterocycles. The summed E-state index contributed by atoms with van der Waals surface area (Å²) in [6.45, 7) is 0.756. The lowest BCUT2D eigenvalue weighted by Crippen LogP contribution is -2.31. The fourth-order valence-corrected chi connectivity index (χ4v) is 3.57. The number of benzene rings is 1. The van der Waals surface area contributed by atoms with E-state index in [9.17, 15) is 4.79 Å². The molecule has 0 saturated carbocycles. The maximum Gasteiger partial charge on any atom is 0.273 e. The Morgan fingerprint density at radius 2 is 2.00 bits per heavy atom. The average Bonchev–Trinajstić information content (AvgIpc) is 3.17. The van der Waals surface area contributed by atoms with Crippen LogP contribution in [0.5, 0.6) is 0 Å². The van der Waals surface area contributed by atoms with Crippen LogP contribution in [0.1, 0.15) is 34.9 Å². The normalized spacial score (nSPS) is 17.0. The van der Waals surface area contributed by atoms with Crippen LogP contribution in [0.15, 0.2) is 54.9 Å². The molecular formula is C20H20N4O. The maximum atomic E-state index is 13.2. The molecule has 25 heavy (non-hydrogen) atoms. The van der Waals surface area contributed by atoms with E-state index >= 15 is 0 Å². The summed E-state index contributed by atoms with van der Waals surface area (Å²) in [6, 6.07) is 13.9. The largest absolute Gasteiger partial charge is 0.373 e. The SMILES string of the molecule is CNc1cc([C@H]2CCCN2C(=O)c2nccc3ccccc23)ccn1. The highest BCUT2D eigenvalue weighted by atomic mass is 16.2. The van der Waals surface area contributed by atoms with Gasteiger partial charge in [0.1, 0.15) is 11.5 Å². The number of nitrogens with zero attached hydrogens (tertiary/aromatic N) is 3. The number of nitrogens with one attached hydrogen (secondary N) is 1. The molecule has 0 spiro atoms. The lowest BCUT2D eigenvalue weighted by molar-refractivity contribution is 0.0732. The maximum absolute atomic E-state index is 13.2. The number of hydrogen-bond acceptors (Lipinski definition) is 4. The first-order valence-electron chi connectivity index (χ1n) is 8.56. The zero-order chi connectivity index (χ0) is 17.2. The van der Waals surface area contributed by atoms with E-state index in [1.165, 1.54) is 0 Å². The smallest absolute Gasteiger partial charge is 0.273 e. The third-order valence-electron chi connectivity index (χ3n) is 4.81. The van der Waals surface area contributed by atoms with Gasteiger partial charge in [0.15, 0.2) is 0 Å². The molecule has 0 bridgehead atoms. The molecule has 1 atom stereocenters. The summed E-state index contributed by atoms with van der Waals surface area (Å²) < 4.78 is 0. The quantitative estimate of drug-likeness (QED) is 0.795. The standard InChI is InChI=1S/C20H20N4O/c1-21-18-13-15(9-10-22-18)17-7-4-12-24(17)20(25)19-16-6-3-2-5-14(16)8-11-23-19/h2-3,5-6,8-11,13,17H,4,7,12H2,1H3,(H,21,22)/t17-/m1/s1. The Balaban J connectivity index is 1.71. The molecule has 0 unspecified atom stereocenters. The van der Waals surface area contributed by atoms with Gasteiger partial charge in [-0.1, -0.05) is 24.3 Å². The van der Waals surface area contributed by atoms with Crippen LogP contribution < -0.4 is 5.32 Å². The number of carbonyl (C=O) groups excluding carboxylic acids is 1. The highest BCUT2D eigenvalue weighted by Crippen LogP contribution is 2.34. The number of aromatic nitrogens is 2. The molecule has 2 aromatic heterocycles. The van der Waals surface area contributed by atoms with Gasteiger partial charge >= 0.3 is 0 Å². The van der Waals surface area contributed by atoms with Crippen LogP contribution in [0.2, 0.25) is 0 Å². The van der Waals surface area contributed by atoms with E-state index in [2.05, 4.69) is 15.3 Å². The van der Waals surface area contributed by atoms with Crippen LogP contribution in [-0.2, 0) is 0 Å². The second kappa shape index (κ2) is 6.51. The molecule has 1 fully saturated rings. The van der Waals surface area contributed by atoms with E-state index in [1.807, 2.05) is 54.4 Å². The fraction of sp³-hybridized carbons (Fsp3) is 0.250. The third-order valence-corrected chi connectivity index (χ3v) is 4.81. The summed E-state index contributed by atoms with van der Waals surface area (Å²) in [5.74, 6) is 0.821. The van der Waals surface area contributed by atoms with Crippen molar-refractivity contribution in [1.29, 1.82) is 0 Å². The van der Waals surface area contributed by atoms with Gasteiger partial charge in [0.05, 0.1) is 6.04 Å². The van der Waals surface area contributed by atoms with Crippen LogP contribution in [-0.4, -0.2) is 34.4 Å². The summed E-state index contributed by atoms with van der Waals surface area (Å²) in [5.41, 5.74) is 1.65. The second-order valence-electron chi connectivity index (χ2n) is 6.26. The summed E-state index contributed by atoms with van der Waals surface area (Å²) in [4.78, 5) is 23.8. The van der Waals surface area contributed by atoms with Gasteiger partial charge in [0.25, 0.3) is 5.91 Å². The first-order chi connectivity index (χ1) is 12.3. The lowest BCUT2D eigenvalue weighted by Gasteiger charge is -2.25. The number of hydrogen-bond donors (Lipinski definition) is 1. The second-order valence-corrected chi connectivity index (χ2v) is 6.26. The zero-order valence-electron chi connectivity index (χ0n) is 14.1. The van der Waals surface area contributed by atoms with Crippen molar-refractivity contribution in [2.45, 2.75) is 18.9 Å². The summed E-state index contributed by atoms with van der Waals surface area (Å²) in [5, 5.41) is 5.01. The fourth-order valence-electron chi connectivity index (χ4n) is 3.57. The Labute approximate surface area is 146 Å². The monoisotopic (exact) mass is 332 g/mol. The van der Waals surface area contributed by atoms with Gasteiger partial charge in [-0.3, -0.25) is 9.78 Å². The number of rotatable bonds is 3. The Morgan fingerprint density at radius 1 is 1.16 bits per heavy atom. The predicted molar refractivity (Wildman–Crippen MR) is 98.5 cm³/mol. The van der Waals surface area contributed by atoms with Crippen molar-refractivity contribution in [3.63, 3.8) is 0 Å².